The summed E-state index contributed by atoms with van der Waals surface area (Å²) in [4.78, 5) is 12.3. The Morgan fingerprint density at radius 1 is 1.37 bits per heavy atom. The molecule has 1 aliphatic heterocycles. The summed E-state index contributed by atoms with van der Waals surface area (Å²) in [5, 5.41) is 6.47. The van der Waals surface area contributed by atoms with Crippen LogP contribution in [0.5, 0.6) is 0 Å². The monoisotopic (exact) mass is 346 g/mol. The third-order valence-corrected chi connectivity index (χ3v) is 4.15. The molecule has 19 heavy (non-hydrogen) atoms. The summed E-state index contributed by atoms with van der Waals surface area (Å²) in [5.74, 6) is 0.00581. The number of rotatable bonds is 2. The van der Waals surface area contributed by atoms with Crippen molar-refractivity contribution >= 4 is 34.2 Å². The van der Waals surface area contributed by atoms with E-state index < -0.39 is 0 Å². The van der Waals surface area contributed by atoms with Crippen LogP contribution < -0.4 is 10.6 Å². The van der Waals surface area contributed by atoms with Gasteiger partial charge in [0.25, 0.3) is 5.91 Å². The van der Waals surface area contributed by atoms with Crippen molar-refractivity contribution < 1.29 is 4.79 Å². The fraction of sp³-hybridized carbons (Fsp3) is 0.500. The maximum atomic E-state index is 12.3. The first-order valence-electron chi connectivity index (χ1n) is 6.30. The first-order chi connectivity index (χ1) is 8.50. The summed E-state index contributed by atoms with van der Waals surface area (Å²) in [7, 11) is 0. The highest BCUT2D eigenvalue weighted by Crippen LogP contribution is 2.22. The Labute approximate surface area is 129 Å². The van der Waals surface area contributed by atoms with Gasteiger partial charge in [0, 0.05) is 10.0 Å². The Kier molecular flexibility index (Phi) is 5.83. The number of carbonyl (C=O) groups excluding carboxylic acids is 1. The molecule has 1 aromatic carbocycles. The van der Waals surface area contributed by atoms with Gasteiger partial charge >= 0.3 is 0 Å². The van der Waals surface area contributed by atoms with Crippen LogP contribution in [-0.2, 0) is 0 Å². The Bertz CT molecular complexity index is 459. The summed E-state index contributed by atoms with van der Waals surface area (Å²) in [6.45, 7) is 6.06. The van der Waals surface area contributed by atoms with Crippen molar-refractivity contribution in [2.75, 3.05) is 13.1 Å². The number of halogens is 2. The van der Waals surface area contributed by atoms with Gasteiger partial charge in [-0.25, -0.2) is 0 Å². The molecule has 0 aliphatic carbocycles. The number of hydrogen-bond acceptors (Lipinski definition) is 2. The number of hydrogen-bond donors (Lipinski definition) is 2. The van der Waals surface area contributed by atoms with Crippen LogP contribution in [0.2, 0.25) is 0 Å². The second-order valence-electron chi connectivity index (χ2n) is 5.25. The molecule has 0 saturated carbocycles. The molecule has 0 bridgehead atoms. The molecule has 1 heterocycles. The van der Waals surface area contributed by atoms with Crippen molar-refractivity contribution in [3.05, 3.63) is 33.8 Å². The average molecular weight is 348 g/mol. The molecular formula is C14H20BrClN2O. The van der Waals surface area contributed by atoms with E-state index in [9.17, 15) is 4.79 Å². The van der Waals surface area contributed by atoms with E-state index in [0.717, 1.165) is 36.0 Å². The van der Waals surface area contributed by atoms with Crippen LogP contribution in [0.15, 0.2) is 22.7 Å². The average Bonchev–Trinajstić information content (AvgIpc) is 2.28. The van der Waals surface area contributed by atoms with Crippen LogP contribution in [0.4, 0.5) is 0 Å². The fourth-order valence-electron chi connectivity index (χ4n) is 2.25. The van der Waals surface area contributed by atoms with Crippen molar-refractivity contribution in [3.8, 4) is 0 Å². The number of carbonyl (C=O) groups is 1. The summed E-state index contributed by atoms with van der Waals surface area (Å²) >= 11 is 3.46. The molecule has 0 atom stereocenters. The molecular weight excluding hydrogens is 328 g/mol. The molecule has 2 rings (SSSR count). The van der Waals surface area contributed by atoms with Crippen LogP contribution in [0, 0.1) is 6.92 Å². The zero-order valence-electron chi connectivity index (χ0n) is 11.3. The topological polar surface area (TPSA) is 41.1 Å². The molecule has 3 nitrogen and oxygen atoms in total. The summed E-state index contributed by atoms with van der Waals surface area (Å²) in [6, 6.07) is 5.81. The van der Waals surface area contributed by atoms with Gasteiger partial charge in [-0.2, -0.15) is 0 Å². The number of benzene rings is 1. The molecule has 0 spiro atoms. The lowest BCUT2D eigenvalue weighted by atomic mass is 9.90. The Hall–Kier alpha value is -0.580. The Balaban J connectivity index is 0.00000180. The molecule has 5 heteroatoms. The molecule has 0 radical (unpaired) electrons. The summed E-state index contributed by atoms with van der Waals surface area (Å²) < 4.78 is 0.859. The molecule has 1 aromatic rings. The van der Waals surface area contributed by atoms with Gasteiger partial charge in [0.15, 0.2) is 0 Å². The van der Waals surface area contributed by atoms with Gasteiger partial charge < -0.3 is 10.6 Å². The standard InChI is InChI=1S/C14H19BrN2O.ClH/c1-10-3-4-11(12(15)9-10)13(18)17-14(2)5-7-16-8-6-14;/h3-4,9,16H,5-8H2,1-2H3,(H,17,18);1H. The SMILES string of the molecule is Cc1ccc(C(=O)NC2(C)CCNCC2)c(Br)c1.Cl. The highest BCUT2D eigenvalue weighted by Gasteiger charge is 2.29. The van der Waals surface area contributed by atoms with Crippen molar-refractivity contribution in [1.29, 1.82) is 0 Å². The van der Waals surface area contributed by atoms with E-state index in [2.05, 4.69) is 33.5 Å². The van der Waals surface area contributed by atoms with Crippen molar-refractivity contribution in [2.24, 2.45) is 0 Å². The van der Waals surface area contributed by atoms with Crippen molar-refractivity contribution in [2.45, 2.75) is 32.2 Å². The molecule has 106 valence electrons. The van der Waals surface area contributed by atoms with Crippen LogP contribution >= 0.6 is 28.3 Å². The minimum Gasteiger partial charge on any atom is -0.347 e. The van der Waals surface area contributed by atoms with Gasteiger partial charge in [-0.3, -0.25) is 4.79 Å². The van der Waals surface area contributed by atoms with Crippen LogP contribution in [0.3, 0.4) is 0 Å². The Morgan fingerprint density at radius 3 is 2.58 bits per heavy atom. The molecule has 1 saturated heterocycles. The number of nitrogens with one attached hydrogen (secondary N) is 2. The van der Waals surface area contributed by atoms with Gasteiger partial charge in [0.2, 0.25) is 0 Å². The quantitative estimate of drug-likeness (QED) is 0.863. The maximum Gasteiger partial charge on any atom is 0.252 e. The van der Waals surface area contributed by atoms with Crippen molar-refractivity contribution in [1.82, 2.24) is 10.6 Å². The van der Waals surface area contributed by atoms with Gasteiger partial charge in [-0.15, -0.1) is 12.4 Å². The van der Waals surface area contributed by atoms with E-state index in [1.165, 1.54) is 0 Å². The highest BCUT2D eigenvalue weighted by atomic mass is 79.9. The Morgan fingerprint density at radius 2 is 2.00 bits per heavy atom. The predicted octanol–water partition coefficient (Wildman–Crippen LogP) is 3.05. The van der Waals surface area contributed by atoms with Gasteiger partial charge in [0.05, 0.1) is 5.56 Å². The number of amides is 1. The van der Waals surface area contributed by atoms with E-state index in [1.807, 2.05) is 25.1 Å². The molecule has 1 amide bonds. The lowest BCUT2D eigenvalue weighted by molar-refractivity contribution is 0.0887. The maximum absolute atomic E-state index is 12.3. The van der Waals surface area contributed by atoms with Crippen LogP contribution in [0.25, 0.3) is 0 Å². The van der Waals surface area contributed by atoms with Crippen LogP contribution in [-0.4, -0.2) is 24.5 Å². The molecule has 2 N–H and O–H groups in total. The second-order valence-corrected chi connectivity index (χ2v) is 6.10. The lowest BCUT2D eigenvalue weighted by Gasteiger charge is -2.35. The molecule has 0 unspecified atom stereocenters. The smallest absolute Gasteiger partial charge is 0.252 e. The van der Waals surface area contributed by atoms with E-state index in [4.69, 9.17) is 0 Å². The predicted molar refractivity (Wildman–Crippen MR) is 84.1 cm³/mol. The third kappa shape index (κ3) is 4.20. The largest absolute Gasteiger partial charge is 0.347 e. The summed E-state index contributed by atoms with van der Waals surface area (Å²) in [5.41, 5.74) is 1.76. The van der Waals surface area contributed by atoms with E-state index in [0.29, 0.717) is 5.56 Å². The van der Waals surface area contributed by atoms with E-state index in [-0.39, 0.29) is 23.9 Å². The third-order valence-electron chi connectivity index (χ3n) is 3.49. The van der Waals surface area contributed by atoms with E-state index >= 15 is 0 Å². The number of piperidine rings is 1. The molecule has 1 fully saturated rings. The van der Waals surface area contributed by atoms with E-state index in [1.54, 1.807) is 0 Å². The zero-order valence-corrected chi connectivity index (χ0v) is 13.7. The highest BCUT2D eigenvalue weighted by molar-refractivity contribution is 9.10. The first-order valence-corrected chi connectivity index (χ1v) is 7.09. The summed E-state index contributed by atoms with van der Waals surface area (Å²) in [6.07, 6.45) is 1.95. The second kappa shape index (κ2) is 6.73. The van der Waals surface area contributed by atoms with Gasteiger partial charge in [-0.1, -0.05) is 6.07 Å². The minimum atomic E-state index is -0.0906. The number of aryl methyl sites for hydroxylation is 1. The fourth-order valence-corrected chi connectivity index (χ4v) is 2.92. The normalized spacial score (nSPS) is 17.4. The molecule has 1 aliphatic rings. The van der Waals surface area contributed by atoms with Gasteiger partial charge in [-0.05, 0) is 73.4 Å². The first kappa shape index (κ1) is 16.5. The van der Waals surface area contributed by atoms with Crippen LogP contribution in [0.1, 0.15) is 35.7 Å². The minimum absolute atomic E-state index is 0. The lowest BCUT2D eigenvalue weighted by Crippen LogP contribution is -2.52. The zero-order chi connectivity index (χ0) is 13.2. The van der Waals surface area contributed by atoms with Gasteiger partial charge in [0.1, 0.15) is 0 Å². The molecule has 0 aromatic heterocycles. The van der Waals surface area contributed by atoms with Crippen molar-refractivity contribution in [3.63, 3.8) is 0 Å².